The highest BCUT2D eigenvalue weighted by Gasteiger charge is 2.11. The summed E-state index contributed by atoms with van der Waals surface area (Å²) >= 11 is 0. The third kappa shape index (κ3) is 4.33. The molecular weight excluding hydrogens is 352 g/mol. The van der Waals surface area contributed by atoms with Crippen molar-refractivity contribution in [3.8, 4) is 11.3 Å². The Hall–Kier alpha value is -2.33. The average molecular weight is 370 g/mol. The molecule has 0 bridgehead atoms. The molecule has 0 saturated carbocycles. The number of carbonyl (C=O) groups excluding carboxylic acids is 1. The van der Waals surface area contributed by atoms with Gasteiger partial charge in [0.05, 0.1) is 6.20 Å². The van der Waals surface area contributed by atoms with Crippen molar-refractivity contribution >= 4 is 22.8 Å². The maximum atomic E-state index is 12.2. The first kappa shape index (κ1) is 17.0. The van der Waals surface area contributed by atoms with Crippen molar-refractivity contribution in [2.24, 2.45) is 0 Å². The van der Waals surface area contributed by atoms with Crippen LogP contribution in [0, 0.1) is 6.92 Å². The van der Waals surface area contributed by atoms with Gasteiger partial charge in [0.1, 0.15) is 0 Å². The van der Waals surface area contributed by atoms with Gasteiger partial charge in [0.15, 0.2) is 12.2 Å². The number of rotatable bonds is 4. The lowest BCUT2D eigenvalue weighted by atomic mass is 10.1. The summed E-state index contributed by atoms with van der Waals surface area (Å²) < 4.78 is 1.80. The lowest BCUT2D eigenvalue weighted by molar-refractivity contribution is -0.686. The number of halogens is 1. The molecule has 3 aromatic rings. The summed E-state index contributed by atoms with van der Waals surface area (Å²) in [5.41, 5.74) is 3.93. The monoisotopic (exact) mass is 369 g/mol. The highest BCUT2D eigenvalue weighted by atomic mass is 79.9. The minimum atomic E-state index is 0. The third-order valence-corrected chi connectivity index (χ3v) is 3.54. The van der Waals surface area contributed by atoms with Gasteiger partial charge in [0.2, 0.25) is 5.78 Å². The van der Waals surface area contributed by atoms with Crippen LogP contribution in [-0.4, -0.2) is 10.8 Å². The smallest absolute Gasteiger partial charge is 0.287 e. The van der Waals surface area contributed by atoms with E-state index in [1.807, 2.05) is 42.6 Å². The number of benzene rings is 2. The third-order valence-electron chi connectivity index (χ3n) is 3.54. The molecule has 23 heavy (non-hydrogen) atoms. The van der Waals surface area contributed by atoms with Crippen LogP contribution in [0.4, 0.5) is 0 Å². The number of hydrogen-bond donors (Lipinski definition) is 0. The van der Waals surface area contributed by atoms with Gasteiger partial charge in [-0.15, -0.1) is 17.0 Å². The minimum absolute atomic E-state index is 0. The van der Waals surface area contributed by atoms with Crippen molar-refractivity contribution < 1.29 is 9.36 Å². The largest absolute Gasteiger partial charge is 0.290 e. The van der Waals surface area contributed by atoms with E-state index in [9.17, 15) is 4.79 Å². The molecule has 0 aliphatic heterocycles. The Bertz CT molecular complexity index is 769. The normalized spacial score (nSPS) is 9.96. The molecule has 0 fully saturated rings. The molecule has 0 aliphatic rings. The zero-order valence-electron chi connectivity index (χ0n) is 12.8. The number of hydrogen-bond acceptors (Lipinski definition) is 2. The number of Topliss-reactive ketones (excluding diaryl/α,β-unsaturated/α-hetero) is 1. The highest BCUT2D eigenvalue weighted by molar-refractivity contribution is 8.93. The van der Waals surface area contributed by atoms with Crippen LogP contribution < -0.4 is 4.57 Å². The van der Waals surface area contributed by atoms with Crippen molar-refractivity contribution in [3.05, 3.63) is 84.3 Å². The summed E-state index contributed by atoms with van der Waals surface area (Å²) in [5, 5.41) is 0. The van der Waals surface area contributed by atoms with Gasteiger partial charge in [-0.05, 0) is 11.9 Å². The highest BCUT2D eigenvalue weighted by Crippen LogP contribution is 2.15. The quantitative estimate of drug-likeness (QED) is 0.517. The van der Waals surface area contributed by atoms with Crippen LogP contribution in [-0.2, 0) is 6.54 Å². The Morgan fingerprint density at radius 3 is 2.30 bits per heavy atom. The predicted octanol–water partition coefficient (Wildman–Crippen LogP) is 3.81. The van der Waals surface area contributed by atoms with Crippen molar-refractivity contribution in [3.63, 3.8) is 0 Å². The standard InChI is InChI=1S/C19H17N2O.BrH/c1-15-7-9-16(10-8-15)18-11-12-21(14-20-18)13-19(22)17-5-3-2-4-6-17;/h2-12,14H,13H2,1H3;1H/q+1;. The zero-order valence-corrected chi connectivity index (χ0v) is 14.6. The van der Waals surface area contributed by atoms with E-state index in [4.69, 9.17) is 0 Å². The summed E-state index contributed by atoms with van der Waals surface area (Å²) in [6, 6.07) is 19.5. The predicted molar refractivity (Wildman–Crippen MR) is 95.7 cm³/mol. The molecule has 3 rings (SSSR count). The van der Waals surface area contributed by atoms with Gasteiger partial charge in [-0.1, -0.05) is 60.2 Å². The number of aromatic nitrogens is 2. The van der Waals surface area contributed by atoms with E-state index in [1.165, 1.54) is 5.56 Å². The van der Waals surface area contributed by atoms with Crippen molar-refractivity contribution in [1.82, 2.24) is 4.98 Å². The Morgan fingerprint density at radius 2 is 1.70 bits per heavy atom. The van der Waals surface area contributed by atoms with E-state index in [0.29, 0.717) is 6.54 Å². The van der Waals surface area contributed by atoms with Crippen LogP contribution in [0.1, 0.15) is 15.9 Å². The fourth-order valence-electron chi connectivity index (χ4n) is 2.25. The van der Waals surface area contributed by atoms with Crippen molar-refractivity contribution in [2.75, 3.05) is 0 Å². The first-order valence-electron chi connectivity index (χ1n) is 7.23. The van der Waals surface area contributed by atoms with Crippen LogP contribution in [0.2, 0.25) is 0 Å². The molecule has 3 nitrogen and oxygen atoms in total. The average Bonchev–Trinajstić information content (AvgIpc) is 2.57. The zero-order chi connectivity index (χ0) is 15.4. The van der Waals surface area contributed by atoms with E-state index >= 15 is 0 Å². The summed E-state index contributed by atoms with van der Waals surface area (Å²) in [6.45, 7) is 2.36. The topological polar surface area (TPSA) is 33.8 Å². The first-order valence-corrected chi connectivity index (χ1v) is 7.23. The molecule has 4 heteroatoms. The fourth-order valence-corrected chi connectivity index (χ4v) is 2.25. The van der Waals surface area contributed by atoms with Gasteiger partial charge in [-0.25, -0.2) is 4.57 Å². The van der Waals surface area contributed by atoms with E-state index in [0.717, 1.165) is 16.8 Å². The Balaban J connectivity index is 0.00000192. The molecule has 0 aliphatic carbocycles. The number of carbonyl (C=O) groups is 1. The van der Waals surface area contributed by atoms with Gasteiger partial charge >= 0.3 is 0 Å². The van der Waals surface area contributed by atoms with E-state index in [1.54, 1.807) is 10.9 Å². The SMILES string of the molecule is Br.Cc1ccc(-c2cc[n+](CC(=O)c3ccccc3)cn2)cc1. The molecule has 0 amide bonds. The van der Waals surface area contributed by atoms with Gasteiger partial charge in [0.25, 0.3) is 6.33 Å². The van der Waals surface area contributed by atoms with Crippen LogP contribution >= 0.6 is 17.0 Å². The maximum absolute atomic E-state index is 12.2. The summed E-state index contributed by atoms with van der Waals surface area (Å²) in [7, 11) is 0. The van der Waals surface area contributed by atoms with Crippen LogP contribution in [0.3, 0.4) is 0 Å². The molecule has 2 aromatic carbocycles. The van der Waals surface area contributed by atoms with Gasteiger partial charge < -0.3 is 0 Å². The lowest BCUT2D eigenvalue weighted by Gasteiger charge is -2.01. The van der Waals surface area contributed by atoms with E-state index in [-0.39, 0.29) is 22.8 Å². The lowest BCUT2D eigenvalue weighted by Crippen LogP contribution is -2.37. The number of nitrogens with zero attached hydrogens (tertiary/aromatic N) is 2. The van der Waals surface area contributed by atoms with Gasteiger partial charge in [-0.2, -0.15) is 0 Å². The molecule has 0 spiro atoms. The van der Waals surface area contributed by atoms with E-state index in [2.05, 4.69) is 36.2 Å². The number of aryl methyl sites for hydroxylation is 1. The molecule has 0 unspecified atom stereocenters. The van der Waals surface area contributed by atoms with Crippen molar-refractivity contribution in [1.29, 1.82) is 0 Å². The Kier molecular flexibility index (Phi) is 5.77. The summed E-state index contributed by atoms with van der Waals surface area (Å²) in [4.78, 5) is 16.6. The second-order valence-electron chi connectivity index (χ2n) is 5.27. The second kappa shape index (κ2) is 7.79. The van der Waals surface area contributed by atoms with Crippen LogP contribution in [0.5, 0.6) is 0 Å². The fraction of sp³-hybridized carbons (Fsp3) is 0.105. The molecular formula is C19H18BrN2O+. The maximum Gasteiger partial charge on any atom is 0.287 e. The van der Waals surface area contributed by atoms with Crippen molar-refractivity contribution in [2.45, 2.75) is 13.5 Å². The molecule has 0 atom stereocenters. The molecule has 1 heterocycles. The Morgan fingerprint density at radius 1 is 1.00 bits per heavy atom. The molecule has 116 valence electrons. The molecule has 1 aromatic heterocycles. The van der Waals surface area contributed by atoms with Crippen LogP contribution in [0.15, 0.2) is 73.2 Å². The molecule has 0 radical (unpaired) electrons. The molecule has 0 saturated heterocycles. The number of ketones is 1. The Labute approximate surface area is 146 Å². The van der Waals surface area contributed by atoms with Crippen LogP contribution in [0.25, 0.3) is 11.3 Å². The van der Waals surface area contributed by atoms with Gasteiger partial charge in [-0.3, -0.25) is 4.79 Å². The minimum Gasteiger partial charge on any atom is -0.290 e. The van der Waals surface area contributed by atoms with E-state index < -0.39 is 0 Å². The summed E-state index contributed by atoms with van der Waals surface area (Å²) in [6.07, 6.45) is 3.60. The summed E-state index contributed by atoms with van der Waals surface area (Å²) in [5.74, 6) is 0.0792. The molecule has 0 N–H and O–H groups in total. The van der Waals surface area contributed by atoms with Gasteiger partial charge in [0, 0.05) is 17.2 Å². The first-order chi connectivity index (χ1) is 10.7. The second-order valence-corrected chi connectivity index (χ2v) is 5.27.